The number of likely N-dealkylation sites (tertiary alicyclic amines) is 1. The first kappa shape index (κ1) is 38.6. The van der Waals surface area contributed by atoms with Gasteiger partial charge in [0, 0.05) is 25.8 Å². The van der Waals surface area contributed by atoms with Crippen molar-refractivity contribution in [2.75, 3.05) is 19.7 Å². The molecule has 2 N–H and O–H groups in total. The van der Waals surface area contributed by atoms with E-state index in [0.29, 0.717) is 70.8 Å². The number of unbranched alkanes of at least 4 members (excludes halogenated alkanes) is 4. The number of halogens is 3. The van der Waals surface area contributed by atoms with Crippen molar-refractivity contribution in [3.63, 3.8) is 0 Å². The SMILES string of the molecule is CCCC(=O)OC[C@@H]1[C@@H](OC(O)CCC)[C@H](OC(=O)CCC)[C@@H](OC(O)CCC)CN1CCCCCCCC(F)(F)F. The van der Waals surface area contributed by atoms with Crippen LogP contribution in [0.4, 0.5) is 13.2 Å². The second kappa shape index (κ2) is 21.3. The number of esters is 2. The molecule has 0 saturated carbocycles. The van der Waals surface area contributed by atoms with Crippen molar-refractivity contribution >= 4 is 11.9 Å². The Balaban J connectivity index is 3.23. The van der Waals surface area contributed by atoms with E-state index in [0.717, 1.165) is 0 Å². The molecule has 0 aromatic carbocycles. The lowest BCUT2D eigenvalue weighted by atomic mass is 9.92. The van der Waals surface area contributed by atoms with Crippen molar-refractivity contribution in [1.29, 1.82) is 0 Å². The number of aliphatic hydroxyl groups is 2. The number of rotatable bonds is 22. The molecule has 248 valence electrons. The van der Waals surface area contributed by atoms with E-state index < -0.39 is 55.5 Å². The molecule has 1 aliphatic rings. The van der Waals surface area contributed by atoms with Gasteiger partial charge in [0.1, 0.15) is 18.8 Å². The molecule has 9 nitrogen and oxygen atoms in total. The predicted octanol–water partition coefficient (Wildman–Crippen LogP) is 5.64. The molecule has 0 aliphatic carbocycles. The minimum atomic E-state index is -4.15. The van der Waals surface area contributed by atoms with E-state index in [1.165, 1.54) is 0 Å². The first-order valence-electron chi connectivity index (χ1n) is 15.8. The van der Waals surface area contributed by atoms with Gasteiger partial charge in [0.15, 0.2) is 18.7 Å². The number of carbonyl (C=O) groups excluding carboxylic acids is 2. The van der Waals surface area contributed by atoms with Crippen LogP contribution in [0.25, 0.3) is 0 Å². The monoisotopic (exact) mass is 613 g/mol. The Labute approximate surface area is 249 Å². The van der Waals surface area contributed by atoms with Crippen LogP contribution in [0.3, 0.4) is 0 Å². The largest absolute Gasteiger partial charge is 0.464 e. The van der Waals surface area contributed by atoms with Crippen molar-refractivity contribution in [2.45, 2.75) is 161 Å². The number of nitrogens with zero attached hydrogens (tertiary/aromatic N) is 1. The maximum atomic E-state index is 12.7. The van der Waals surface area contributed by atoms with Gasteiger partial charge in [-0.05, 0) is 45.1 Å². The zero-order valence-electron chi connectivity index (χ0n) is 25.9. The van der Waals surface area contributed by atoms with Crippen molar-refractivity contribution in [3.8, 4) is 0 Å². The van der Waals surface area contributed by atoms with Gasteiger partial charge in [0.25, 0.3) is 0 Å². The molecule has 0 aromatic rings. The Hall–Kier alpha value is -1.47. The van der Waals surface area contributed by atoms with Crippen molar-refractivity contribution < 1.29 is 51.9 Å². The quantitative estimate of drug-likeness (QED) is 0.0910. The molecule has 0 radical (unpaired) electrons. The molecule has 6 atom stereocenters. The Bertz CT molecular complexity index is 742. The fourth-order valence-electron chi connectivity index (χ4n) is 5.05. The summed E-state index contributed by atoms with van der Waals surface area (Å²) in [7, 11) is 0. The summed E-state index contributed by atoms with van der Waals surface area (Å²) >= 11 is 0. The van der Waals surface area contributed by atoms with E-state index in [9.17, 15) is 33.0 Å². The molecule has 1 aliphatic heterocycles. The molecule has 0 amide bonds. The molecular formula is C30H54F3NO8. The van der Waals surface area contributed by atoms with Crippen LogP contribution >= 0.6 is 0 Å². The van der Waals surface area contributed by atoms with E-state index in [4.69, 9.17) is 18.9 Å². The number of hydrogen-bond acceptors (Lipinski definition) is 9. The molecule has 1 rings (SSSR count). The maximum Gasteiger partial charge on any atom is 0.389 e. The first-order chi connectivity index (χ1) is 19.9. The van der Waals surface area contributed by atoms with Gasteiger partial charge in [-0.25, -0.2) is 0 Å². The zero-order valence-corrected chi connectivity index (χ0v) is 25.9. The maximum absolute atomic E-state index is 12.7. The van der Waals surface area contributed by atoms with E-state index in [-0.39, 0.29) is 38.4 Å². The summed E-state index contributed by atoms with van der Waals surface area (Å²) in [5.41, 5.74) is 0. The van der Waals surface area contributed by atoms with Gasteiger partial charge in [-0.3, -0.25) is 14.5 Å². The number of piperidine rings is 1. The van der Waals surface area contributed by atoms with Gasteiger partial charge in [-0.2, -0.15) is 13.2 Å². The number of carbonyl (C=O) groups is 2. The normalized spacial score (nSPS) is 23.0. The third kappa shape index (κ3) is 15.8. The summed E-state index contributed by atoms with van der Waals surface area (Å²) in [6.07, 6.45) is -3.80. The van der Waals surface area contributed by atoms with Gasteiger partial charge < -0.3 is 29.2 Å². The molecule has 1 saturated heterocycles. The van der Waals surface area contributed by atoms with Gasteiger partial charge in [0.05, 0.1) is 6.04 Å². The zero-order chi connectivity index (χ0) is 31.5. The van der Waals surface area contributed by atoms with Gasteiger partial charge >= 0.3 is 18.1 Å². The highest BCUT2D eigenvalue weighted by molar-refractivity contribution is 5.70. The molecule has 1 heterocycles. The molecule has 42 heavy (non-hydrogen) atoms. The van der Waals surface area contributed by atoms with Crippen molar-refractivity contribution in [2.24, 2.45) is 0 Å². The van der Waals surface area contributed by atoms with Crippen LogP contribution in [0.15, 0.2) is 0 Å². The summed E-state index contributed by atoms with van der Waals surface area (Å²) in [5.74, 6) is -0.847. The standard InChI is InChI=1S/C30H54F3NO8/c1-5-14-24(35)39-21-22-28(41-26(37)16-7-3)29(42-27(38)17-8-4)23(40-25(36)15-6-2)20-34(22)19-13-11-9-10-12-18-30(31,32)33/h22-23,25-26,28-29,36-37H,5-21H2,1-4H3/t22-,23+,25?,26?,28-,29-/m1/s1. The Morgan fingerprint density at radius 1 is 0.810 bits per heavy atom. The highest BCUT2D eigenvalue weighted by Crippen LogP contribution is 2.30. The van der Waals surface area contributed by atoms with Crippen LogP contribution in [0, 0.1) is 0 Å². The van der Waals surface area contributed by atoms with Crippen molar-refractivity contribution in [1.82, 2.24) is 4.90 Å². The summed E-state index contributed by atoms with van der Waals surface area (Å²) in [6, 6.07) is -0.592. The number of ether oxygens (including phenoxy) is 4. The molecule has 2 unspecified atom stereocenters. The van der Waals surface area contributed by atoms with Crippen LogP contribution < -0.4 is 0 Å². The Morgan fingerprint density at radius 2 is 1.38 bits per heavy atom. The summed E-state index contributed by atoms with van der Waals surface area (Å²) < 4.78 is 61.0. The Kier molecular flexibility index (Phi) is 19.5. The summed E-state index contributed by atoms with van der Waals surface area (Å²) in [5, 5.41) is 21.2. The molecule has 1 fully saturated rings. The molecular weight excluding hydrogens is 559 g/mol. The number of hydrogen-bond donors (Lipinski definition) is 2. The van der Waals surface area contributed by atoms with Crippen LogP contribution in [-0.4, -0.2) is 89.9 Å². The fraction of sp³-hybridized carbons (Fsp3) is 0.933. The highest BCUT2D eigenvalue weighted by Gasteiger charge is 2.49. The van der Waals surface area contributed by atoms with Crippen molar-refractivity contribution in [3.05, 3.63) is 0 Å². The molecule has 0 bridgehead atoms. The molecule has 12 heteroatoms. The van der Waals surface area contributed by atoms with E-state index in [2.05, 4.69) is 0 Å². The highest BCUT2D eigenvalue weighted by atomic mass is 19.4. The van der Waals surface area contributed by atoms with Crippen LogP contribution in [0.5, 0.6) is 0 Å². The predicted molar refractivity (Wildman–Crippen MR) is 151 cm³/mol. The van der Waals surface area contributed by atoms with Crippen LogP contribution in [0.2, 0.25) is 0 Å². The third-order valence-electron chi connectivity index (χ3n) is 7.17. The van der Waals surface area contributed by atoms with E-state index in [1.54, 1.807) is 0 Å². The second-order valence-electron chi connectivity index (χ2n) is 11.1. The summed E-state index contributed by atoms with van der Waals surface area (Å²) in [4.78, 5) is 27.0. The fourth-order valence-corrected chi connectivity index (χ4v) is 5.05. The van der Waals surface area contributed by atoms with Crippen LogP contribution in [0.1, 0.15) is 118 Å². The average Bonchev–Trinajstić information content (AvgIpc) is 2.89. The lowest BCUT2D eigenvalue weighted by molar-refractivity contribution is -0.261. The smallest absolute Gasteiger partial charge is 0.389 e. The second-order valence-corrected chi connectivity index (χ2v) is 11.1. The summed E-state index contributed by atoms with van der Waals surface area (Å²) in [6.45, 7) is 8.16. The van der Waals surface area contributed by atoms with E-state index in [1.807, 2.05) is 32.6 Å². The number of alkyl halides is 3. The average molecular weight is 614 g/mol. The van der Waals surface area contributed by atoms with Gasteiger partial charge in [0.2, 0.25) is 0 Å². The lowest BCUT2D eigenvalue weighted by Gasteiger charge is -2.48. The number of aliphatic hydroxyl groups excluding tert-OH is 2. The van der Waals surface area contributed by atoms with Gasteiger partial charge in [-0.15, -0.1) is 0 Å². The molecule has 0 spiro atoms. The first-order valence-corrected chi connectivity index (χ1v) is 15.8. The third-order valence-corrected chi connectivity index (χ3v) is 7.17. The lowest BCUT2D eigenvalue weighted by Crippen LogP contribution is -2.66. The van der Waals surface area contributed by atoms with E-state index >= 15 is 0 Å². The topological polar surface area (TPSA) is 115 Å². The minimum Gasteiger partial charge on any atom is -0.464 e. The Morgan fingerprint density at radius 3 is 1.98 bits per heavy atom. The van der Waals surface area contributed by atoms with Crippen LogP contribution in [-0.2, 0) is 28.5 Å². The molecule has 0 aromatic heterocycles. The minimum absolute atomic E-state index is 0.0695. The van der Waals surface area contributed by atoms with Gasteiger partial charge in [-0.1, -0.05) is 59.8 Å².